The first kappa shape index (κ1) is 50.2. The van der Waals surface area contributed by atoms with Crippen LogP contribution in [0.4, 0.5) is 0 Å². The van der Waals surface area contributed by atoms with Crippen LogP contribution in [0.25, 0.3) is 0 Å². The summed E-state index contributed by atoms with van der Waals surface area (Å²) >= 11 is 0. The lowest BCUT2D eigenvalue weighted by Gasteiger charge is -2.34. The minimum atomic E-state index is -1.14. The van der Waals surface area contributed by atoms with Crippen LogP contribution >= 0.6 is 0 Å². The maximum Gasteiger partial charge on any atom is 0.306 e. The van der Waals surface area contributed by atoms with Gasteiger partial charge in [0.15, 0.2) is 6.10 Å². The molecule has 0 radical (unpaired) electrons. The Hall–Kier alpha value is -3.75. The third kappa shape index (κ3) is 34.0. The fourth-order valence-corrected chi connectivity index (χ4v) is 5.17. The molecule has 0 amide bonds. The monoisotopic (exact) mass is 752 g/mol. The Morgan fingerprint density at radius 1 is 0.593 bits per heavy atom. The quantitative estimate of drug-likeness (QED) is 0.0212. The van der Waals surface area contributed by atoms with Crippen molar-refractivity contribution in [2.75, 3.05) is 41.0 Å². The van der Waals surface area contributed by atoms with E-state index < -0.39 is 18.1 Å². The van der Waals surface area contributed by atoms with Gasteiger partial charge in [0.1, 0.15) is 12.6 Å². The van der Waals surface area contributed by atoms with Crippen LogP contribution in [-0.2, 0) is 28.6 Å². The minimum Gasteiger partial charge on any atom is -0.544 e. The van der Waals surface area contributed by atoms with E-state index in [1.165, 1.54) is 6.42 Å². The van der Waals surface area contributed by atoms with Crippen LogP contribution in [0.5, 0.6) is 0 Å². The Labute approximate surface area is 328 Å². The zero-order valence-corrected chi connectivity index (χ0v) is 34.3. The smallest absolute Gasteiger partial charge is 0.306 e. The number of allylic oxidation sites excluding steroid dienone is 16. The summed E-state index contributed by atoms with van der Waals surface area (Å²) in [6.45, 7) is 4.35. The van der Waals surface area contributed by atoms with Crippen molar-refractivity contribution >= 4 is 17.9 Å². The van der Waals surface area contributed by atoms with Crippen LogP contribution in [0.2, 0.25) is 0 Å². The number of hydrogen-bond donors (Lipinski definition) is 0. The highest BCUT2D eigenvalue weighted by Crippen LogP contribution is 2.11. The first-order valence-corrected chi connectivity index (χ1v) is 20.3. The first-order valence-electron chi connectivity index (χ1n) is 20.3. The Morgan fingerprint density at radius 2 is 1.11 bits per heavy atom. The number of carbonyl (C=O) groups is 3. The largest absolute Gasteiger partial charge is 0.544 e. The fourth-order valence-electron chi connectivity index (χ4n) is 5.17. The van der Waals surface area contributed by atoms with Crippen molar-refractivity contribution in [1.29, 1.82) is 0 Å². The van der Waals surface area contributed by atoms with E-state index in [0.717, 1.165) is 77.0 Å². The van der Waals surface area contributed by atoms with E-state index in [4.69, 9.17) is 14.2 Å². The highest BCUT2D eigenvalue weighted by atomic mass is 16.6. The molecule has 0 fully saturated rings. The van der Waals surface area contributed by atoms with Crippen LogP contribution in [0, 0.1) is 0 Å². The molecule has 0 spiro atoms. The third-order valence-corrected chi connectivity index (χ3v) is 8.31. The van der Waals surface area contributed by atoms with E-state index in [1.54, 1.807) is 21.1 Å². The molecular weight excluding hydrogens is 679 g/mol. The van der Waals surface area contributed by atoms with E-state index >= 15 is 0 Å². The summed E-state index contributed by atoms with van der Waals surface area (Å²) in [5, 5.41) is 11.6. The predicted octanol–water partition coefficient (Wildman–Crippen LogP) is 9.40. The number of nitrogens with zero attached hydrogens (tertiary/aromatic N) is 1. The number of hydrogen-bond acceptors (Lipinski definition) is 7. The van der Waals surface area contributed by atoms with E-state index in [9.17, 15) is 19.5 Å². The molecule has 0 bridgehead atoms. The molecule has 0 aliphatic rings. The predicted molar refractivity (Wildman–Crippen MR) is 221 cm³/mol. The number of ether oxygens (including phenoxy) is 3. The van der Waals surface area contributed by atoms with Gasteiger partial charge in [-0.25, -0.2) is 0 Å². The van der Waals surface area contributed by atoms with Gasteiger partial charge in [0, 0.05) is 19.3 Å². The molecule has 0 saturated heterocycles. The maximum absolute atomic E-state index is 12.6. The van der Waals surface area contributed by atoms with Gasteiger partial charge < -0.3 is 28.6 Å². The van der Waals surface area contributed by atoms with Gasteiger partial charge in [-0.05, 0) is 64.2 Å². The average molecular weight is 752 g/mol. The zero-order valence-electron chi connectivity index (χ0n) is 34.3. The normalized spacial score (nSPS) is 14.0. The Morgan fingerprint density at radius 3 is 1.74 bits per heavy atom. The van der Waals surface area contributed by atoms with Gasteiger partial charge in [0.25, 0.3) is 0 Å². The standard InChI is InChI=1S/C46H73NO7/c1-6-8-10-12-14-16-18-20-21-22-23-24-25-27-28-30-32-34-36-44(48)53-41-42(40-52-39-38-43(46(50)51)47(3,4)5)54-45(49)37-35-33-31-29-26-19-17-15-13-11-9-7-2/h9-12,14-18,20-24,26,29,42-43H,6-8,13,19,25,27-28,30-41H2,1-5H3/b11-9+,12-10+,16-14+,17-15+,20-18+,22-21+,24-23+,29-26+. The maximum atomic E-state index is 12.6. The number of unbranched alkanes of at least 4 members (excludes halogenated alkanes) is 8. The van der Waals surface area contributed by atoms with Crippen molar-refractivity contribution in [2.45, 2.75) is 135 Å². The first-order chi connectivity index (χ1) is 26.1. The molecule has 0 heterocycles. The molecule has 0 aromatic rings. The fraction of sp³-hybridized carbons (Fsp3) is 0.587. The third-order valence-electron chi connectivity index (χ3n) is 8.31. The van der Waals surface area contributed by atoms with E-state index in [-0.39, 0.29) is 49.1 Å². The molecule has 0 saturated carbocycles. The van der Waals surface area contributed by atoms with Crippen molar-refractivity contribution in [3.63, 3.8) is 0 Å². The number of carboxylic acids is 1. The van der Waals surface area contributed by atoms with Gasteiger partial charge in [0.2, 0.25) is 0 Å². The summed E-state index contributed by atoms with van der Waals surface area (Å²) in [5.74, 6) is -1.84. The van der Waals surface area contributed by atoms with Gasteiger partial charge in [-0.15, -0.1) is 0 Å². The minimum absolute atomic E-state index is 0.00964. The van der Waals surface area contributed by atoms with Crippen LogP contribution < -0.4 is 5.11 Å². The van der Waals surface area contributed by atoms with Crippen molar-refractivity contribution in [2.24, 2.45) is 0 Å². The molecule has 8 heteroatoms. The van der Waals surface area contributed by atoms with Gasteiger partial charge >= 0.3 is 11.9 Å². The summed E-state index contributed by atoms with van der Waals surface area (Å²) in [6, 6.07) is -0.742. The second-order valence-electron chi connectivity index (χ2n) is 14.3. The highest BCUT2D eigenvalue weighted by Gasteiger charge is 2.25. The average Bonchev–Trinajstić information content (AvgIpc) is 3.12. The van der Waals surface area contributed by atoms with Gasteiger partial charge in [0.05, 0.1) is 40.3 Å². The summed E-state index contributed by atoms with van der Waals surface area (Å²) in [6.07, 6.45) is 47.2. The molecule has 0 aliphatic carbocycles. The Balaban J connectivity index is 4.50. The molecule has 8 nitrogen and oxygen atoms in total. The van der Waals surface area contributed by atoms with Crippen LogP contribution in [0.1, 0.15) is 123 Å². The molecule has 0 rings (SSSR count). The van der Waals surface area contributed by atoms with Crippen LogP contribution in [0.3, 0.4) is 0 Å². The van der Waals surface area contributed by atoms with Crippen LogP contribution in [0.15, 0.2) is 97.2 Å². The summed E-state index contributed by atoms with van der Waals surface area (Å²) in [4.78, 5) is 36.7. The number of quaternary nitrogens is 1. The zero-order chi connectivity index (χ0) is 40.0. The number of rotatable bonds is 34. The van der Waals surface area contributed by atoms with E-state index in [1.807, 2.05) is 36.5 Å². The molecular formula is C46H73NO7. The summed E-state index contributed by atoms with van der Waals surface area (Å²) in [7, 11) is 5.36. The molecule has 0 aromatic heterocycles. The Bertz CT molecular complexity index is 1200. The molecule has 0 aromatic carbocycles. The second-order valence-corrected chi connectivity index (χ2v) is 14.3. The van der Waals surface area contributed by atoms with Crippen molar-refractivity contribution < 1.29 is 38.2 Å². The SMILES string of the molecule is CC/C=C/C/C=C/C/C=C/CCCCC(=O)OC(COCCC(C(=O)[O-])[N+](C)(C)C)COC(=O)CCCCCCC/C=C/C=C/C=C/C=C/C=C/CCC. The number of likely N-dealkylation sites (N-methyl/N-ethyl adjacent to an activating group) is 1. The summed E-state index contributed by atoms with van der Waals surface area (Å²) < 4.78 is 17.0. The number of esters is 2. The summed E-state index contributed by atoms with van der Waals surface area (Å²) in [5.41, 5.74) is 0. The second kappa shape index (κ2) is 36.2. The lowest BCUT2D eigenvalue weighted by Crippen LogP contribution is -2.55. The van der Waals surface area contributed by atoms with Crippen molar-refractivity contribution in [1.82, 2.24) is 0 Å². The molecule has 54 heavy (non-hydrogen) atoms. The van der Waals surface area contributed by atoms with Gasteiger partial charge in [-0.3, -0.25) is 9.59 Å². The van der Waals surface area contributed by atoms with E-state index in [2.05, 4.69) is 74.6 Å². The van der Waals surface area contributed by atoms with Crippen molar-refractivity contribution in [3.05, 3.63) is 97.2 Å². The van der Waals surface area contributed by atoms with E-state index in [0.29, 0.717) is 12.8 Å². The Kier molecular flexibility index (Phi) is 33.7. The molecule has 2 unspecified atom stereocenters. The lowest BCUT2D eigenvalue weighted by atomic mass is 10.1. The van der Waals surface area contributed by atoms with Gasteiger partial charge in [-0.1, -0.05) is 137 Å². The number of carboxylic acid groups (broad SMARTS) is 1. The van der Waals surface area contributed by atoms with Crippen molar-refractivity contribution in [3.8, 4) is 0 Å². The molecule has 2 atom stereocenters. The molecule has 0 aliphatic heterocycles. The van der Waals surface area contributed by atoms with Crippen LogP contribution in [-0.4, -0.2) is 75.5 Å². The topological polar surface area (TPSA) is 102 Å². The lowest BCUT2D eigenvalue weighted by molar-refractivity contribution is -0.889. The number of aliphatic carboxylic acids is 1. The highest BCUT2D eigenvalue weighted by molar-refractivity contribution is 5.70. The molecule has 0 N–H and O–H groups in total. The molecule has 304 valence electrons. The van der Waals surface area contributed by atoms with Gasteiger partial charge in [-0.2, -0.15) is 0 Å². The number of carbonyl (C=O) groups excluding carboxylic acids is 3.